The Kier molecular flexibility index (Phi) is 23.4. The zero-order valence-electron chi connectivity index (χ0n) is 36.8. The third-order valence-corrected chi connectivity index (χ3v) is 11.0. The van der Waals surface area contributed by atoms with Gasteiger partial charge in [0.2, 0.25) is 19.4 Å². The standard InChI is InChI=1S/C21H22N4O4S.C14H22N4OS2.C9H7BrO3.CH4.H3P/c1-25(2)9-10-27-15-6-4-14(5-7-15)23-21-24-20(22)19(30-21)18(26)13-3-8-16-17(11-13)29-12-28-16;1-4-21-13(15)17-14(20)16-11-5-7-12(8-6-11)19-10-9-18(2)3;10-4-7(11)6-1-2-8-9(3-6)13-5-12-8;;/h3-8,11H,9-10,12,22H2,1-2H3,(H,23,24);5-8H,4,9-10H2,1-3H3,(H3,15,16,17,20);1-3H,4-5H2;1H4;1H3. The Morgan fingerprint density at radius 1 is 0.818 bits per heavy atom. The van der Waals surface area contributed by atoms with Gasteiger partial charge in [0.1, 0.15) is 35.4 Å². The summed E-state index contributed by atoms with van der Waals surface area (Å²) in [6, 6.07) is 25.4. The Hall–Kier alpha value is -5.21. The van der Waals surface area contributed by atoms with E-state index in [1.54, 1.807) is 36.4 Å². The minimum absolute atomic E-state index is 0. The van der Waals surface area contributed by atoms with Gasteiger partial charge in [0.15, 0.2) is 44.2 Å². The summed E-state index contributed by atoms with van der Waals surface area (Å²) in [5.74, 6) is 5.04. The van der Waals surface area contributed by atoms with E-state index in [0.717, 1.165) is 41.7 Å². The highest BCUT2D eigenvalue weighted by Crippen LogP contribution is 2.36. The van der Waals surface area contributed by atoms with Crippen LogP contribution in [0.5, 0.6) is 34.5 Å². The van der Waals surface area contributed by atoms with E-state index in [4.69, 9.17) is 52.1 Å². The predicted molar refractivity (Wildman–Crippen MR) is 281 cm³/mol. The first-order valence-electron chi connectivity index (χ1n) is 19.8. The fraction of sp³-hybridized carbons (Fsp3) is 0.311. The van der Waals surface area contributed by atoms with Crippen LogP contribution in [-0.2, 0) is 0 Å². The summed E-state index contributed by atoms with van der Waals surface area (Å²) in [6.07, 6.45) is 0. The number of nitrogen functional groups attached to an aromatic ring is 1. The maximum Gasteiger partial charge on any atom is 0.231 e. The number of halogens is 1. The van der Waals surface area contributed by atoms with Gasteiger partial charge in [-0.2, -0.15) is 14.9 Å². The average Bonchev–Trinajstić information content (AvgIpc) is 4.04. The number of hydrogen-bond acceptors (Lipinski definition) is 16. The summed E-state index contributed by atoms with van der Waals surface area (Å²) in [7, 11) is 8.03. The molecule has 0 fully saturated rings. The second-order valence-corrected chi connectivity index (χ2v) is 17.3. The second kappa shape index (κ2) is 28.1. The molecule has 0 spiro atoms. The molecule has 4 aromatic carbocycles. The monoisotopic (exact) mass is 1040 g/mol. The van der Waals surface area contributed by atoms with E-state index in [-0.39, 0.29) is 48.3 Å². The van der Waals surface area contributed by atoms with Gasteiger partial charge in [0.25, 0.3) is 0 Å². The van der Waals surface area contributed by atoms with Crippen molar-refractivity contribution in [1.82, 2.24) is 14.8 Å². The molecule has 0 saturated carbocycles. The van der Waals surface area contributed by atoms with Crippen molar-refractivity contribution in [1.29, 1.82) is 0 Å². The number of hydrogen-bond donors (Lipinski definition) is 4. The van der Waals surface area contributed by atoms with Gasteiger partial charge in [-0.25, -0.2) is 4.98 Å². The highest BCUT2D eigenvalue weighted by atomic mass is 79.9. The molecule has 21 heteroatoms. The first-order chi connectivity index (χ1) is 30.8. The lowest BCUT2D eigenvalue weighted by Gasteiger charge is -2.11. The fourth-order valence-corrected chi connectivity index (χ4v) is 7.30. The Balaban J connectivity index is 0.000000280. The number of ether oxygens (including phenoxy) is 6. The number of rotatable bonds is 16. The van der Waals surface area contributed by atoms with E-state index in [9.17, 15) is 9.59 Å². The molecule has 1 aromatic heterocycles. The first kappa shape index (κ1) is 55.1. The number of amidine groups is 1. The van der Waals surface area contributed by atoms with Crippen LogP contribution >= 0.6 is 61.1 Å². The van der Waals surface area contributed by atoms with Crippen LogP contribution in [0.3, 0.4) is 0 Å². The number of Topliss-reactive ketones (excluding diaryl/α,β-unsaturated/α-hetero) is 1. The number of aromatic nitrogens is 1. The van der Waals surface area contributed by atoms with Crippen molar-refractivity contribution in [3.05, 3.63) is 101 Å². The number of likely N-dealkylation sites (N-methyl/N-ethyl adjacent to an activating group) is 2. The average molecular weight is 1050 g/mol. The number of carbonyl (C=O) groups is 2. The third-order valence-electron chi connectivity index (χ3n) is 8.64. The lowest BCUT2D eigenvalue weighted by molar-refractivity contribution is 0.102. The number of carbonyl (C=O) groups excluding carboxylic acids is 2. The molecule has 0 bridgehead atoms. The molecule has 1 unspecified atom stereocenters. The summed E-state index contributed by atoms with van der Waals surface area (Å²) < 4.78 is 32.2. The molecule has 2 aliphatic heterocycles. The van der Waals surface area contributed by atoms with Gasteiger partial charge >= 0.3 is 0 Å². The zero-order valence-corrected chi connectivity index (χ0v) is 42.2. The van der Waals surface area contributed by atoms with E-state index in [1.807, 2.05) is 83.6 Å². The van der Waals surface area contributed by atoms with Gasteiger partial charge in [0.05, 0.1) is 5.33 Å². The summed E-state index contributed by atoms with van der Waals surface area (Å²) in [4.78, 5) is 37.0. The Morgan fingerprint density at radius 3 is 1.83 bits per heavy atom. The Bertz CT molecular complexity index is 2370. The Morgan fingerprint density at radius 2 is 1.32 bits per heavy atom. The van der Waals surface area contributed by atoms with Gasteiger partial charge in [-0.05, 0) is 131 Å². The van der Waals surface area contributed by atoms with Crippen molar-refractivity contribution in [2.75, 3.05) is 95.5 Å². The van der Waals surface area contributed by atoms with Crippen molar-refractivity contribution in [2.45, 2.75) is 14.4 Å². The number of thioether (sulfide) groups is 1. The molecular formula is C45H58BrN8O8PS3. The highest BCUT2D eigenvalue weighted by Gasteiger charge is 2.22. The maximum absolute atomic E-state index is 12.9. The molecule has 0 saturated heterocycles. The molecule has 2 aliphatic rings. The van der Waals surface area contributed by atoms with Crippen LogP contribution in [0.4, 0.5) is 22.3 Å². The topological polar surface area (TPSA) is 197 Å². The van der Waals surface area contributed by atoms with Gasteiger partial charge in [-0.1, -0.05) is 53.4 Å². The number of fused-ring (bicyclic) bond motifs is 2. The minimum atomic E-state index is -0.207. The normalized spacial score (nSPS) is 11.8. The number of thiocarbonyl (C=S) groups is 1. The molecular weight excluding hydrogens is 988 g/mol. The van der Waals surface area contributed by atoms with E-state index in [2.05, 4.69) is 46.3 Å². The van der Waals surface area contributed by atoms with Crippen LogP contribution in [0.25, 0.3) is 0 Å². The van der Waals surface area contributed by atoms with Crippen molar-refractivity contribution >= 4 is 105 Å². The summed E-state index contributed by atoms with van der Waals surface area (Å²) >= 11 is 10.9. The van der Waals surface area contributed by atoms with E-state index >= 15 is 0 Å². The number of benzene rings is 4. The van der Waals surface area contributed by atoms with Crippen molar-refractivity contribution in [2.24, 2.45) is 10.7 Å². The van der Waals surface area contributed by atoms with Crippen LogP contribution in [-0.4, -0.2) is 116 Å². The van der Waals surface area contributed by atoms with Crippen molar-refractivity contribution in [3.63, 3.8) is 0 Å². The molecule has 1 atom stereocenters. The van der Waals surface area contributed by atoms with Crippen molar-refractivity contribution in [3.8, 4) is 34.5 Å². The van der Waals surface area contributed by atoms with Crippen LogP contribution in [0.15, 0.2) is 89.9 Å². The van der Waals surface area contributed by atoms with E-state index in [1.165, 1.54) is 23.1 Å². The molecule has 3 heterocycles. The summed E-state index contributed by atoms with van der Waals surface area (Å²) in [6.45, 7) is 5.41. The first-order valence-corrected chi connectivity index (χ1v) is 23.1. The molecule has 0 aliphatic carbocycles. The van der Waals surface area contributed by atoms with Crippen LogP contribution in [0, 0.1) is 0 Å². The second-order valence-electron chi connectivity index (χ2n) is 14.0. The quantitative estimate of drug-likeness (QED) is 0.0183. The number of aliphatic imine (C=N–C) groups is 1. The number of nitrogens with one attached hydrogen (secondary N) is 2. The number of anilines is 4. The summed E-state index contributed by atoms with van der Waals surface area (Å²) in [5.41, 5.74) is 14.5. The lowest BCUT2D eigenvalue weighted by atomic mass is 10.1. The fourth-order valence-electron chi connectivity index (χ4n) is 5.38. The van der Waals surface area contributed by atoms with Gasteiger partial charge in [-0.15, -0.1) is 0 Å². The Labute approximate surface area is 411 Å². The molecule has 7 rings (SSSR count). The molecule has 16 nitrogen and oxygen atoms in total. The summed E-state index contributed by atoms with van der Waals surface area (Å²) in [5, 5.41) is 7.89. The van der Waals surface area contributed by atoms with Crippen molar-refractivity contribution < 1.29 is 38.0 Å². The molecule has 356 valence electrons. The minimum Gasteiger partial charge on any atom is -0.492 e. The maximum atomic E-state index is 12.9. The van der Waals surface area contributed by atoms with Gasteiger partial charge < -0.3 is 60.3 Å². The molecule has 5 aromatic rings. The van der Waals surface area contributed by atoms with Gasteiger partial charge in [0, 0.05) is 35.6 Å². The molecule has 66 heavy (non-hydrogen) atoms. The molecule has 0 radical (unpaired) electrons. The van der Waals surface area contributed by atoms with Gasteiger partial charge in [-0.3, -0.25) is 9.59 Å². The molecule has 0 amide bonds. The molecule has 6 N–H and O–H groups in total. The number of alkyl halides is 1. The van der Waals surface area contributed by atoms with Crippen LogP contribution < -0.4 is 50.5 Å². The largest absolute Gasteiger partial charge is 0.492 e. The predicted octanol–water partition coefficient (Wildman–Crippen LogP) is 8.45. The SMILES string of the molecule is C.CCSC(N)=NC(=S)Nc1ccc(OCCN(C)C)cc1.CN(C)CCOc1ccc(Nc2nc(N)c(C(=O)c3ccc4c(c3)OCO4)s2)cc1.O=C(CBr)c1ccc2c(c1)OCO2.P. The highest BCUT2D eigenvalue weighted by molar-refractivity contribution is 9.09. The number of nitrogens with two attached hydrogens (primary N) is 2. The number of ketones is 2. The smallest absolute Gasteiger partial charge is 0.231 e. The number of thiazole rings is 1. The van der Waals surface area contributed by atoms with Crippen LogP contribution in [0.1, 0.15) is 39.9 Å². The van der Waals surface area contributed by atoms with Crippen LogP contribution in [0.2, 0.25) is 0 Å². The number of nitrogens with zero attached hydrogens (tertiary/aromatic N) is 4. The lowest BCUT2D eigenvalue weighted by Crippen LogP contribution is -2.19. The zero-order chi connectivity index (χ0) is 46.0. The third kappa shape index (κ3) is 17.5. The van der Waals surface area contributed by atoms with E-state index < -0.39 is 0 Å². The van der Waals surface area contributed by atoms with E-state index in [0.29, 0.717) is 73.0 Å².